The van der Waals surface area contributed by atoms with Crippen LogP contribution in [-0.2, 0) is 6.42 Å². The highest BCUT2D eigenvalue weighted by Crippen LogP contribution is 2.42. The molecule has 0 radical (unpaired) electrons. The first kappa shape index (κ1) is 15.9. The molecule has 0 amide bonds. The lowest BCUT2D eigenvalue weighted by Crippen LogP contribution is -2.23. The number of aryl methyl sites for hydroxylation is 1. The van der Waals surface area contributed by atoms with Crippen molar-refractivity contribution in [2.75, 3.05) is 13.1 Å². The van der Waals surface area contributed by atoms with Crippen LogP contribution in [0.5, 0.6) is 11.5 Å². The second-order valence-electron chi connectivity index (χ2n) is 5.95. The monoisotopic (exact) mass is 289 g/mol. The minimum atomic E-state index is 0.104. The van der Waals surface area contributed by atoms with Gasteiger partial charge in [-0.25, -0.2) is 0 Å². The third-order valence-electron chi connectivity index (χ3n) is 4.33. The maximum Gasteiger partial charge on any atom is 0.124 e. The van der Waals surface area contributed by atoms with Gasteiger partial charge >= 0.3 is 0 Å². The molecular formula is C18H27NO2. The van der Waals surface area contributed by atoms with Crippen LogP contribution in [0.3, 0.4) is 0 Å². The van der Waals surface area contributed by atoms with Gasteiger partial charge in [0.05, 0.1) is 5.56 Å². The second-order valence-corrected chi connectivity index (χ2v) is 5.95. The van der Waals surface area contributed by atoms with E-state index in [1.54, 1.807) is 0 Å². The van der Waals surface area contributed by atoms with E-state index in [1.807, 2.05) is 18.2 Å². The predicted molar refractivity (Wildman–Crippen MR) is 86.7 cm³/mol. The first-order chi connectivity index (χ1) is 10.2. The van der Waals surface area contributed by atoms with E-state index in [9.17, 15) is 10.2 Å². The van der Waals surface area contributed by atoms with Crippen molar-refractivity contribution in [3.05, 3.63) is 35.9 Å². The second kappa shape index (κ2) is 7.51. The standard InChI is InChI=1S/C18H27NO2/c1-3-5-6-8-14-12-16(20)18(17(21)13-14)15-9-7-11-19(15)10-4-2/h4,12-13,15,20-21H,2-3,5-11H2,1H3. The molecule has 1 aliphatic rings. The third kappa shape index (κ3) is 3.79. The van der Waals surface area contributed by atoms with E-state index >= 15 is 0 Å². The molecule has 0 saturated carbocycles. The molecule has 1 aromatic rings. The molecule has 1 unspecified atom stereocenters. The number of rotatable bonds is 7. The molecule has 2 rings (SSSR count). The van der Waals surface area contributed by atoms with Crippen LogP contribution in [0.2, 0.25) is 0 Å². The van der Waals surface area contributed by atoms with E-state index in [2.05, 4.69) is 18.4 Å². The summed E-state index contributed by atoms with van der Waals surface area (Å²) >= 11 is 0. The Balaban J connectivity index is 2.18. The van der Waals surface area contributed by atoms with E-state index < -0.39 is 0 Å². The van der Waals surface area contributed by atoms with Crippen LogP contribution in [0.4, 0.5) is 0 Å². The van der Waals surface area contributed by atoms with E-state index in [1.165, 1.54) is 12.8 Å². The molecule has 1 aromatic carbocycles. The SMILES string of the molecule is C=CCN1CCCC1c1c(O)cc(CCCCC)cc1O. The van der Waals surface area contributed by atoms with Gasteiger partial charge in [0.25, 0.3) is 0 Å². The molecule has 3 heteroatoms. The van der Waals surface area contributed by atoms with Crippen molar-refractivity contribution in [2.45, 2.75) is 51.5 Å². The normalized spacial score (nSPS) is 19.0. The Bertz CT molecular complexity index is 461. The van der Waals surface area contributed by atoms with Crippen molar-refractivity contribution in [2.24, 2.45) is 0 Å². The smallest absolute Gasteiger partial charge is 0.124 e. The highest BCUT2D eigenvalue weighted by Gasteiger charge is 2.29. The highest BCUT2D eigenvalue weighted by atomic mass is 16.3. The van der Waals surface area contributed by atoms with Crippen molar-refractivity contribution in [3.63, 3.8) is 0 Å². The lowest BCUT2D eigenvalue weighted by molar-refractivity contribution is 0.272. The quantitative estimate of drug-likeness (QED) is 0.585. The summed E-state index contributed by atoms with van der Waals surface area (Å²) in [5, 5.41) is 20.7. The largest absolute Gasteiger partial charge is 0.507 e. The zero-order chi connectivity index (χ0) is 15.2. The number of likely N-dealkylation sites (tertiary alicyclic amines) is 1. The molecule has 0 spiro atoms. The molecular weight excluding hydrogens is 262 g/mol. The summed E-state index contributed by atoms with van der Waals surface area (Å²) in [6.45, 7) is 7.75. The summed E-state index contributed by atoms with van der Waals surface area (Å²) in [7, 11) is 0. The Labute approximate surface area is 127 Å². The summed E-state index contributed by atoms with van der Waals surface area (Å²) in [6, 6.07) is 3.76. The molecule has 3 nitrogen and oxygen atoms in total. The van der Waals surface area contributed by atoms with Gasteiger partial charge in [0.2, 0.25) is 0 Å². The van der Waals surface area contributed by atoms with Crippen molar-refractivity contribution >= 4 is 0 Å². The summed E-state index contributed by atoms with van der Waals surface area (Å²) in [5.74, 6) is 0.477. The fourth-order valence-corrected chi connectivity index (χ4v) is 3.28. The molecule has 116 valence electrons. The minimum Gasteiger partial charge on any atom is -0.507 e. The summed E-state index contributed by atoms with van der Waals surface area (Å²) < 4.78 is 0. The molecule has 21 heavy (non-hydrogen) atoms. The van der Waals surface area contributed by atoms with E-state index in [-0.39, 0.29) is 17.5 Å². The number of aromatic hydroxyl groups is 2. The summed E-state index contributed by atoms with van der Waals surface area (Å²) in [5.41, 5.74) is 1.71. The maximum atomic E-state index is 10.4. The number of hydrogen-bond acceptors (Lipinski definition) is 3. The zero-order valence-electron chi connectivity index (χ0n) is 13.0. The van der Waals surface area contributed by atoms with Gasteiger partial charge in [-0.05, 0) is 49.9 Å². The lowest BCUT2D eigenvalue weighted by atomic mass is 9.97. The third-order valence-corrected chi connectivity index (χ3v) is 4.33. The van der Waals surface area contributed by atoms with Crippen molar-refractivity contribution in [3.8, 4) is 11.5 Å². The van der Waals surface area contributed by atoms with Crippen molar-refractivity contribution in [1.82, 2.24) is 4.90 Å². The van der Waals surface area contributed by atoms with Gasteiger partial charge in [0.1, 0.15) is 11.5 Å². The van der Waals surface area contributed by atoms with Crippen LogP contribution in [-0.4, -0.2) is 28.2 Å². The van der Waals surface area contributed by atoms with E-state index in [4.69, 9.17) is 0 Å². The molecule has 1 atom stereocenters. The van der Waals surface area contributed by atoms with Crippen LogP contribution in [0.15, 0.2) is 24.8 Å². The van der Waals surface area contributed by atoms with Gasteiger partial charge in [-0.15, -0.1) is 6.58 Å². The Kier molecular flexibility index (Phi) is 5.68. The minimum absolute atomic E-state index is 0.104. The van der Waals surface area contributed by atoms with Crippen LogP contribution in [0.1, 0.15) is 56.2 Å². The van der Waals surface area contributed by atoms with Gasteiger partial charge in [-0.3, -0.25) is 4.90 Å². The van der Waals surface area contributed by atoms with E-state index in [0.717, 1.165) is 44.3 Å². The highest BCUT2D eigenvalue weighted by molar-refractivity contribution is 5.49. The molecule has 1 fully saturated rings. The fraction of sp³-hybridized carbons (Fsp3) is 0.556. The van der Waals surface area contributed by atoms with Crippen LogP contribution >= 0.6 is 0 Å². The number of phenols is 2. The van der Waals surface area contributed by atoms with Gasteiger partial charge in [-0.1, -0.05) is 25.8 Å². The molecule has 1 heterocycles. The van der Waals surface area contributed by atoms with E-state index in [0.29, 0.717) is 5.56 Å². The van der Waals surface area contributed by atoms with Gasteiger partial charge in [0, 0.05) is 12.6 Å². The van der Waals surface area contributed by atoms with Crippen LogP contribution in [0, 0.1) is 0 Å². The molecule has 0 bridgehead atoms. The number of hydrogen-bond donors (Lipinski definition) is 2. The average molecular weight is 289 g/mol. The topological polar surface area (TPSA) is 43.7 Å². The lowest BCUT2D eigenvalue weighted by Gasteiger charge is -2.25. The molecule has 0 aromatic heterocycles. The van der Waals surface area contributed by atoms with Gasteiger partial charge in [-0.2, -0.15) is 0 Å². The Hall–Kier alpha value is -1.48. The molecule has 1 aliphatic heterocycles. The van der Waals surface area contributed by atoms with Gasteiger partial charge in [0.15, 0.2) is 0 Å². The van der Waals surface area contributed by atoms with Crippen molar-refractivity contribution < 1.29 is 10.2 Å². The number of unbranched alkanes of at least 4 members (excludes halogenated alkanes) is 2. The average Bonchev–Trinajstić information content (AvgIpc) is 2.87. The Morgan fingerprint density at radius 3 is 2.62 bits per heavy atom. The van der Waals surface area contributed by atoms with Crippen LogP contribution in [0.25, 0.3) is 0 Å². The van der Waals surface area contributed by atoms with Crippen molar-refractivity contribution in [1.29, 1.82) is 0 Å². The first-order valence-corrected chi connectivity index (χ1v) is 8.07. The molecule has 1 saturated heterocycles. The number of benzene rings is 1. The maximum absolute atomic E-state index is 10.4. The molecule has 0 aliphatic carbocycles. The predicted octanol–water partition coefficient (Wildman–Crippen LogP) is 4.15. The van der Waals surface area contributed by atoms with Gasteiger partial charge < -0.3 is 10.2 Å². The number of nitrogens with zero attached hydrogens (tertiary/aromatic N) is 1. The number of phenolic OH excluding ortho intramolecular Hbond substituents is 2. The molecule has 2 N–H and O–H groups in total. The summed E-state index contributed by atoms with van der Waals surface area (Å²) in [6.07, 6.45) is 8.32. The Morgan fingerprint density at radius 2 is 2.00 bits per heavy atom. The Morgan fingerprint density at radius 1 is 1.29 bits per heavy atom. The van der Waals surface area contributed by atoms with Crippen LogP contribution < -0.4 is 0 Å². The fourth-order valence-electron chi connectivity index (χ4n) is 3.28. The summed E-state index contributed by atoms with van der Waals surface area (Å²) in [4.78, 5) is 2.26. The zero-order valence-corrected chi connectivity index (χ0v) is 13.0. The first-order valence-electron chi connectivity index (χ1n) is 8.07.